The predicted molar refractivity (Wildman–Crippen MR) is 55.0 cm³/mol. The molecule has 0 saturated heterocycles. The van der Waals surface area contributed by atoms with Crippen LogP contribution in [0.2, 0.25) is 0 Å². The van der Waals surface area contributed by atoms with E-state index in [-0.39, 0.29) is 6.42 Å². The number of rotatable bonds is 1. The van der Waals surface area contributed by atoms with Crippen LogP contribution in [0, 0.1) is 0 Å². The lowest BCUT2D eigenvalue weighted by Crippen LogP contribution is -2.39. The van der Waals surface area contributed by atoms with Gasteiger partial charge in [0.2, 0.25) is 0 Å². The van der Waals surface area contributed by atoms with E-state index < -0.39 is 15.3 Å². The molecule has 0 radical (unpaired) electrons. The van der Waals surface area contributed by atoms with Crippen LogP contribution in [-0.4, -0.2) is 15.3 Å². The fraction of sp³-hybridized carbons (Fsp3) is 0.500. The Morgan fingerprint density at radius 3 is 2.43 bits per heavy atom. The van der Waals surface area contributed by atoms with Crippen molar-refractivity contribution in [3.8, 4) is 0 Å². The first-order chi connectivity index (χ1) is 6.26. The van der Waals surface area contributed by atoms with E-state index in [0.29, 0.717) is 5.57 Å². The Balaban J connectivity index is 2.91. The minimum absolute atomic E-state index is 0.259. The normalized spacial score (nSPS) is 28.1. The van der Waals surface area contributed by atoms with Gasteiger partial charge in [-0.3, -0.25) is 0 Å². The van der Waals surface area contributed by atoms with Crippen LogP contribution < -0.4 is 0 Å². The molecule has 1 aliphatic carbocycles. The lowest BCUT2D eigenvalue weighted by molar-refractivity contribution is -0.145. The molecule has 0 bridgehead atoms. The monoisotopic (exact) mass is 308 g/mol. The van der Waals surface area contributed by atoms with Gasteiger partial charge in [0, 0.05) is 0 Å². The quantitative estimate of drug-likeness (QED) is 0.631. The summed E-state index contributed by atoms with van der Waals surface area (Å²) in [7, 11) is 0. The number of allylic oxidation sites excluding steroid dienone is 4. The SMILES string of the molecule is FC(F)(F)C1(Br)C=CC=C(C(Cl)Cl)C1. The molecule has 0 aromatic heterocycles. The van der Waals surface area contributed by atoms with Gasteiger partial charge in [-0.1, -0.05) is 34.2 Å². The Kier molecular flexibility index (Phi) is 3.60. The molecule has 0 saturated carbocycles. The molecular formula is C8H6BrCl2F3. The van der Waals surface area contributed by atoms with Crippen molar-refractivity contribution in [2.45, 2.75) is 21.8 Å². The van der Waals surface area contributed by atoms with Crippen molar-refractivity contribution in [2.75, 3.05) is 0 Å². The van der Waals surface area contributed by atoms with Crippen molar-refractivity contribution >= 4 is 39.1 Å². The number of halogens is 6. The van der Waals surface area contributed by atoms with Gasteiger partial charge in [0.25, 0.3) is 0 Å². The summed E-state index contributed by atoms with van der Waals surface area (Å²) in [5, 5.41) is 0. The zero-order valence-electron chi connectivity index (χ0n) is 6.78. The lowest BCUT2D eigenvalue weighted by Gasteiger charge is -2.30. The summed E-state index contributed by atoms with van der Waals surface area (Å²) in [4.78, 5) is -0.903. The maximum absolute atomic E-state index is 12.6. The van der Waals surface area contributed by atoms with Crippen molar-refractivity contribution in [2.24, 2.45) is 0 Å². The van der Waals surface area contributed by atoms with E-state index in [4.69, 9.17) is 23.2 Å². The van der Waals surface area contributed by atoms with E-state index in [1.165, 1.54) is 12.2 Å². The van der Waals surface area contributed by atoms with Gasteiger partial charge < -0.3 is 0 Å². The van der Waals surface area contributed by atoms with Gasteiger partial charge in [0.15, 0.2) is 0 Å². The first-order valence-corrected chi connectivity index (χ1v) is 5.35. The molecule has 6 heteroatoms. The standard InChI is InChI=1S/C8H6BrCl2F3/c9-7(8(12,13)14)3-1-2-5(4-7)6(10)11/h1-3,6H,4H2. The molecule has 0 aliphatic heterocycles. The molecule has 1 rings (SSSR count). The zero-order valence-corrected chi connectivity index (χ0v) is 9.88. The summed E-state index contributed by atoms with van der Waals surface area (Å²) >= 11 is 13.7. The third-order valence-corrected chi connectivity index (χ3v) is 3.44. The summed E-state index contributed by atoms with van der Waals surface area (Å²) in [5.74, 6) is 0. The maximum atomic E-state index is 12.6. The van der Waals surface area contributed by atoms with Gasteiger partial charge in [-0.15, -0.1) is 23.2 Å². The second kappa shape index (κ2) is 4.06. The van der Waals surface area contributed by atoms with Gasteiger partial charge in [0.05, 0.1) is 0 Å². The average molecular weight is 310 g/mol. The molecule has 0 amide bonds. The highest BCUT2D eigenvalue weighted by Crippen LogP contribution is 2.46. The van der Waals surface area contributed by atoms with Gasteiger partial charge in [0.1, 0.15) is 9.16 Å². The van der Waals surface area contributed by atoms with E-state index in [2.05, 4.69) is 15.9 Å². The summed E-state index contributed by atoms with van der Waals surface area (Å²) in [6, 6.07) is 0. The van der Waals surface area contributed by atoms with Crippen LogP contribution in [0.25, 0.3) is 0 Å². The first kappa shape index (κ1) is 12.4. The smallest absolute Gasteiger partial charge is 0.169 e. The van der Waals surface area contributed by atoms with Crippen LogP contribution >= 0.6 is 39.1 Å². The van der Waals surface area contributed by atoms with Crippen molar-refractivity contribution in [1.29, 1.82) is 0 Å². The van der Waals surface area contributed by atoms with Crippen LogP contribution in [0.1, 0.15) is 6.42 Å². The first-order valence-electron chi connectivity index (χ1n) is 3.68. The molecule has 0 heterocycles. The predicted octanol–water partition coefficient (Wildman–Crippen LogP) is 4.37. The molecule has 1 aliphatic rings. The summed E-state index contributed by atoms with van der Waals surface area (Å²) in [5.41, 5.74) is 0.352. The molecule has 0 aromatic carbocycles. The second-order valence-corrected chi connectivity index (χ2v) is 5.45. The topological polar surface area (TPSA) is 0 Å². The molecule has 0 aromatic rings. The molecule has 0 nitrogen and oxygen atoms in total. The molecular weight excluding hydrogens is 304 g/mol. The second-order valence-electron chi connectivity index (χ2n) is 2.94. The Bertz CT molecular complexity index is 283. The molecule has 0 spiro atoms. The third-order valence-electron chi connectivity index (χ3n) is 1.88. The van der Waals surface area contributed by atoms with Crippen LogP contribution in [-0.2, 0) is 0 Å². The molecule has 0 N–H and O–H groups in total. The third kappa shape index (κ3) is 2.47. The van der Waals surface area contributed by atoms with Crippen LogP contribution in [0.4, 0.5) is 13.2 Å². The highest BCUT2D eigenvalue weighted by Gasteiger charge is 2.52. The van der Waals surface area contributed by atoms with Gasteiger partial charge in [-0.05, 0) is 12.0 Å². The Morgan fingerprint density at radius 1 is 1.43 bits per heavy atom. The van der Waals surface area contributed by atoms with Crippen molar-refractivity contribution in [3.05, 3.63) is 23.8 Å². The van der Waals surface area contributed by atoms with Crippen molar-refractivity contribution < 1.29 is 13.2 Å². The molecule has 80 valence electrons. The molecule has 1 atom stereocenters. The van der Waals surface area contributed by atoms with Crippen molar-refractivity contribution in [3.63, 3.8) is 0 Å². The lowest BCUT2D eigenvalue weighted by atomic mass is 9.94. The average Bonchev–Trinajstić information content (AvgIpc) is 2.02. The Labute approximate surface area is 97.9 Å². The van der Waals surface area contributed by atoms with Gasteiger partial charge in [-0.25, -0.2) is 0 Å². The van der Waals surface area contributed by atoms with Crippen LogP contribution in [0.3, 0.4) is 0 Å². The number of hydrogen-bond donors (Lipinski definition) is 0. The van der Waals surface area contributed by atoms with E-state index in [0.717, 1.165) is 6.08 Å². The highest BCUT2D eigenvalue weighted by atomic mass is 79.9. The van der Waals surface area contributed by atoms with Crippen LogP contribution in [0.5, 0.6) is 0 Å². The Morgan fingerprint density at radius 2 is 2.00 bits per heavy atom. The van der Waals surface area contributed by atoms with Gasteiger partial charge >= 0.3 is 6.18 Å². The van der Waals surface area contributed by atoms with E-state index in [1.54, 1.807) is 0 Å². The number of alkyl halides is 6. The summed E-state index contributed by atoms with van der Waals surface area (Å²) in [6.07, 6.45) is -0.766. The molecule has 0 fully saturated rings. The van der Waals surface area contributed by atoms with Crippen LogP contribution in [0.15, 0.2) is 23.8 Å². The summed E-state index contributed by atoms with van der Waals surface area (Å²) < 4.78 is 35.6. The molecule has 1 unspecified atom stereocenters. The van der Waals surface area contributed by atoms with E-state index in [9.17, 15) is 13.2 Å². The maximum Gasteiger partial charge on any atom is 0.407 e. The number of hydrogen-bond acceptors (Lipinski definition) is 0. The molecule has 14 heavy (non-hydrogen) atoms. The van der Waals surface area contributed by atoms with E-state index in [1.807, 2.05) is 0 Å². The largest absolute Gasteiger partial charge is 0.407 e. The minimum atomic E-state index is -4.36. The minimum Gasteiger partial charge on any atom is -0.169 e. The zero-order chi connectivity index (χ0) is 11.0. The van der Waals surface area contributed by atoms with Crippen molar-refractivity contribution in [1.82, 2.24) is 0 Å². The Hall–Kier alpha value is 0.330. The highest BCUT2D eigenvalue weighted by molar-refractivity contribution is 9.10. The fourth-order valence-electron chi connectivity index (χ4n) is 1.08. The summed E-state index contributed by atoms with van der Waals surface area (Å²) in [6.45, 7) is 0. The van der Waals surface area contributed by atoms with E-state index >= 15 is 0 Å². The van der Waals surface area contributed by atoms with Gasteiger partial charge in [-0.2, -0.15) is 13.2 Å². The fourth-order valence-corrected chi connectivity index (χ4v) is 1.86.